The Balaban J connectivity index is 4.35. The molecule has 0 aromatic rings. The number of ether oxygens (including phenoxy) is 2. The molecular formula is C14H26Cl2N2O4. The molecular weight excluding hydrogens is 331 g/mol. The van der Waals surface area contributed by atoms with Crippen LogP contribution in [0, 0.1) is 0 Å². The standard InChI is InChI=1S/C14H26Cl2N2O4/c1-3-21-13(19)11-17(7-5-15)9-10-18(8-6-16)12-14(20)22-4-2/h3-12H2,1-2H3. The van der Waals surface area contributed by atoms with Crippen molar-refractivity contribution in [2.75, 3.05) is 64.2 Å². The van der Waals surface area contributed by atoms with Crippen LogP contribution in [0.2, 0.25) is 0 Å². The number of esters is 2. The van der Waals surface area contributed by atoms with Gasteiger partial charge < -0.3 is 9.47 Å². The van der Waals surface area contributed by atoms with E-state index >= 15 is 0 Å². The smallest absolute Gasteiger partial charge is 0.320 e. The Kier molecular flexibility index (Phi) is 13.7. The van der Waals surface area contributed by atoms with E-state index in [1.165, 1.54) is 0 Å². The number of rotatable bonds is 13. The second-order valence-electron chi connectivity index (χ2n) is 4.54. The summed E-state index contributed by atoms with van der Waals surface area (Å²) >= 11 is 11.5. The Morgan fingerprint density at radius 3 is 1.41 bits per heavy atom. The van der Waals surface area contributed by atoms with Gasteiger partial charge in [0, 0.05) is 37.9 Å². The minimum Gasteiger partial charge on any atom is -0.465 e. The number of carbonyl (C=O) groups is 2. The summed E-state index contributed by atoms with van der Waals surface area (Å²) in [5, 5.41) is 0. The summed E-state index contributed by atoms with van der Waals surface area (Å²) in [4.78, 5) is 26.9. The van der Waals surface area contributed by atoms with Crippen LogP contribution in [-0.2, 0) is 19.1 Å². The van der Waals surface area contributed by atoms with Crippen LogP contribution in [0.4, 0.5) is 0 Å². The summed E-state index contributed by atoms with van der Waals surface area (Å²) in [7, 11) is 0. The highest BCUT2D eigenvalue weighted by Crippen LogP contribution is 1.97. The molecule has 0 rings (SSSR count). The SMILES string of the molecule is CCOC(=O)CN(CCCl)CCN(CCCl)CC(=O)OCC. The lowest BCUT2D eigenvalue weighted by Crippen LogP contribution is -2.41. The average Bonchev–Trinajstić information content (AvgIpc) is 2.45. The van der Waals surface area contributed by atoms with E-state index in [9.17, 15) is 9.59 Å². The molecule has 0 spiro atoms. The number of hydrogen-bond acceptors (Lipinski definition) is 6. The average molecular weight is 357 g/mol. The lowest BCUT2D eigenvalue weighted by Gasteiger charge is -2.25. The van der Waals surface area contributed by atoms with Gasteiger partial charge in [-0.1, -0.05) is 0 Å². The van der Waals surface area contributed by atoms with Crippen molar-refractivity contribution in [2.45, 2.75) is 13.8 Å². The fourth-order valence-electron chi connectivity index (χ4n) is 1.84. The third kappa shape index (κ3) is 11.1. The molecule has 0 atom stereocenters. The molecule has 0 aliphatic heterocycles. The van der Waals surface area contributed by atoms with E-state index in [2.05, 4.69) is 0 Å². The highest BCUT2D eigenvalue weighted by atomic mass is 35.5. The van der Waals surface area contributed by atoms with E-state index in [1.54, 1.807) is 13.8 Å². The van der Waals surface area contributed by atoms with Crippen molar-refractivity contribution in [2.24, 2.45) is 0 Å². The molecule has 0 amide bonds. The van der Waals surface area contributed by atoms with Crippen LogP contribution in [0.5, 0.6) is 0 Å². The normalized spacial score (nSPS) is 11.0. The van der Waals surface area contributed by atoms with Crippen molar-refractivity contribution in [3.8, 4) is 0 Å². The first-order chi connectivity index (χ1) is 10.6. The molecule has 0 N–H and O–H groups in total. The number of alkyl halides is 2. The molecule has 0 heterocycles. The third-order valence-corrected chi connectivity index (χ3v) is 3.19. The Morgan fingerprint density at radius 1 is 0.773 bits per heavy atom. The summed E-state index contributed by atoms with van der Waals surface area (Å²) in [5.41, 5.74) is 0. The van der Waals surface area contributed by atoms with E-state index in [0.717, 1.165) is 0 Å². The lowest BCUT2D eigenvalue weighted by atomic mass is 10.4. The number of nitrogens with zero attached hydrogens (tertiary/aromatic N) is 2. The number of halogens is 2. The highest BCUT2D eigenvalue weighted by Gasteiger charge is 2.15. The van der Waals surface area contributed by atoms with E-state index in [4.69, 9.17) is 32.7 Å². The molecule has 0 fully saturated rings. The van der Waals surface area contributed by atoms with Crippen LogP contribution in [-0.4, -0.2) is 86.0 Å². The van der Waals surface area contributed by atoms with Gasteiger partial charge in [0.15, 0.2) is 0 Å². The minimum absolute atomic E-state index is 0.189. The summed E-state index contributed by atoms with van der Waals surface area (Å²) < 4.78 is 9.87. The van der Waals surface area contributed by atoms with Gasteiger partial charge in [-0.25, -0.2) is 0 Å². The molecule has 0 aliphatic carbocycles. The summed E-state index contributed by atoms with van der Waals surface area (Å²) in [6.45, 7) is 6.98. The second kappa shape index (κ2) is 14.1. The van der Waals surface area contributed by atoms with Gasteiger partial charge in [-0.05, 0) is 13.8 Å². The van der Waals surface area contributed by atoms with Crippen LogP contribution in [0.1, 0.15) is 13.8 Å². The Morgan fingerprint density at radius 2 is 1.14 bits per heavy atom. The van der Waals surface area contributed by atoms with E-state index < -0.39 is 0 Å². The van der Waals surface area contributed by atoms with Crippen molar-refractivity contribution in [1.82, 2.24) is 9.80 Å². The van der Waals surface area contributed by atoms with Crippen LogP contribution >= 0.6 is 23.2 Å². The van der Waals surface area contributed by atoms with Crippen LogP contribution in [0.25, 0.3) is 0 Å². The number of carbonyl (C=O) groups excluding carboxylic acids is 2. The van der Waals surface area contributed by atoms with E-state index in [-0.39, 0.29) is 25.0 Å². The monoisotopic (exact) mass is 356 g/mol. The fraction of sp³-hybridized carbons (Fsp3) is 0.857. The Labute approximate surface area is 142 Å². The molecule has 0 bridgehead atoms. The quantitative estimate of drug-likeness (QED) is 0.365. The zero-order valence-electron chi connectivity index (χ0n) is 13.4. The molecule has 8 heteroatoms. The number of hydrogen-bond donors (Lipinski definition) is 0. The summed E-state index contributed by atoms with van der Waals surface area (Å²) in [5.74, 6) is 0.295. The van der Waals surface area contributed by atoms with Gasteiger partial charge in [0.2, 0.25) is 0 Å². The molecule has 22 heavy (non-hydrogen) atoms. The summed E-state index contributed by atoms with van der Waals surface area (Å²) in [6, 6.07) is 0. The zero-order chi connectivity index (χ0) is 16.8. The van der Waals surface area contributed by atoms with Gasteiger partial charge in [0.05, 0.1) is 26.3 Å². The molecule has 0 unspecified atom stereocenters. The van der Waals surface area contributed by atoms with Crippen molar-refractivity contribution in [3.05, 3.63) is 0 Å². The molecule has 0 saturated carbocycles. The molecule has 0 aliphatic rings. The summed E-state index contributed by atoms with van der Waals surface area (Å²) in [6.07, 6.45) is 0. The molecule has 0 saturated heterocycles. The zero-order valence-corrected chi connectivity index (χ0v) is 14.9. The van der Waals surface area contributed by atoms with Gasteiger partial charge in [-0.2, -0.15) is 0 Å². The predicted octanol–water partition coefficient (Wildman–Crippen LogP) is 1.19. The van der Waals surface area contributed by atoms with E-state index in [0.29, 0.717) is 51.2 Å². The van der Waals surface area contributed by atoms with Gasteiger partial charge in [-0.15, -0.1) is 23.2 Å². The van der Waals surface area contributed by atoms with Crippen molar-refractivity contribution >= 4 is 35.1 Å². The van der Waals surface area contributed by atoms with Crippen molar-refractivity contribution in [1.29, 1.82) is 0 Å². The maximum absolute atomic E-state index is 11.5. The van der Waals surface area contributed by atoms with Crippen LogP contribution < -0.4 is 0 Å². The molecule has 6 nitrogen and oxygen atoms in total. The largest absolute Gasteiger partial charge is 0.465 e. The first-order valence-corrected chi connectivity index (χ1v) is 8.52. The fourth-order valence-corrected chi connectivity index (χ4v) is 2.32. The lowest BCUT2D eigenvalue weighted by molar-refractivity contribution is -0.146. The van der Waals surface area contributed by atoms with Gasteiger partial charge in [0.25, 0.3) is 0 Å². The maximum atomic E-state index is 11.5. The minimum atomic E-state index is -0.276. The topological polar surface area (TPSA) is 59.1 Å². The predicted molar refractivity (Wildman–Crippen MR) is 87.6 cm³/mol. The van der Waals surface area contributed by atoms with Crippen LogP contribution in [0.15, 0.2) is 0 Å². The second-order valence-corrected chi connectivity index (χ2v) is 5.30. The molecule has 0 aromatic carbocycles. The molecule has 0 aromatic heterocycles. The Hall–Kier alpha value is -0.560. The Bertz CT molecular complexity index is 289. The van der Waals surface area contributed by atoms with Crippen molar-refractivity contribution < 1.29 is 19.1 Å². The third-order valence-electron chi connectivity index (χ3n) is 2.85. The highest BCUT2D eigenvalue weighted by molar-refractivity contribution is 6.18. The molecule has 130 valence electrons. The van der Waals surface area contributed by atoms with Gasteiger partial charge in [-0.3, -0.25) is 19.4 Å². The first-order valence-electron chi connectivity index (χ1n) is 7.45. The molecule has 0 radical (unpaired) electrons. The van der Waals surface area contributed by atoms with Gasteiger partial charge >= 0.3 is 11.9 Å². The maximum Gasteiger partial charge on any atom is 0.320 e. The van der Waals surface area contributed by atoms with Crippen LogP contribution in [0.3, 0.4) is 0 Å². The van der Waals surface area contributed by atoms with E-state index in [1.807, 2.05) is 9.80 Å². The van der Waals surface area contributed by atoms with Crippen molar-refractivity contribution in [3.63, 3.8) is 0 Å². The first kappa shape index (κ1) is 21.4. The van der Waals surface area contributed by atoms with Gasteiger partial charge in [0.1, 0.15) is 0 Å².